The van der Waals surface area contributed by atoms with E-state index in [1.165, 1.54) is 29.3 Å². The Labute approximate surface area is 160 Å². The molecule has 0 fully saturated rings. The first-order valence-corrected chi connectivity index (χ1v) is 8.28. The Kier molecular flexibility index (Phi) is 4.52. The van der Waals surface area contributed by atoms with E-state index in [-0.39, 0.29) is 36.0 Å². The van der Waals surface area contributed by atoms with Gasteiger partial charge in [0.15, 0.2) is 0 Å². The molecule has 1 amide bonds. The lowest BCUT2D eigenvalue weighted by atomic mass is 10.1. The van der Waals surface area contributed by atoms with Crippen LogP contribution in [0.5, 0.6) is 0 Å². The Morgan fingerprint density at radius 3 is 2.48 bits per heavy atom. The number of aromatic nitrogens is 3. The third kappa shape index (κ3) is 3.67. The highest BCUT2D eigenvalue weighted by Crippen LogP contribution is 2.31. The molecule has 0 unspecified atom stereocenters. The van der Waals surface area contributed by atoms with Gasteiger partial charge < -0.3 is 9.32 Å². The van der Waals surface area contributed by atoms with Crippen LogP contribution in [-0.4, -0.2) is 26.0 Å². The summed E-state index contributed by atoms with van der Waals surface area (Å²) in [5, 5.41) is 6.75. The Morgan fingerprint density at radius 1 is 1.14 bits per heavy atom. The maximum absolute atomic E-state index is 12.7. The van der Waals surface area contributed by atoms with Crippen molar-refractivity contribution in [1.82, 2.24) is 20.1 Å². The molecule has 1 aliphatic heterocycles. The highest BCUT2D eigenvalue weighted by Gasteiger charge is 2.32. The van der Waals surface area contributed by atoms with E-state index in [9.17, 15) is 26.7 Å². The minimum absolute atomic E-state index is 0.0960. The lowest BCUT2D eigenvalue weighted by Crippen LogP contribution is -2.23. The van der Waals surface area contributed by atoms with Crippen LogP contribution < -0.4 is 0 Å². The average molecular weight is 410 g/mol. The smallest absolute Gasteiger partial charge is 0.415 e. The summed E-state index contributed by atoms with van der Waals surface area (Å²) in [6.45, 7) is 0.264. The van der Waals surface area contributed by atoms with E-state index in [1.54, 1.807) is 0 Å². The number of benzene rings is 1. The van der Waals surface area contributed by atoms with Crippen LogP contribution in [0.2, 0.25) is 0 Å². The fourth-order valence-corrected chi connectivity index (χ4v) is 2.93. The molecule has 0 radical (unpaired) electrons. The van der Waals surface area contributed by atoms with E-state index in [0.29, 0.717) is 11.3 Å². The monoisotopic (exact) mass is 410 g/mol. The summed E-state index contributed by atoms with van der Waals surface area (Å²) in [6, 6.07) is 5.94. The second-order valence-electron chi connectivity index (χ2n) is 6.32. The van der Waals surface area contributed by atoms with E-state index < -0.39 is 24.1 Å². The van der Waals surface area contributed by atoms with Crippen LogP contribution in [0.3, 0.4) is 0 Å². The Bertz CT molecular complexity index is 1060. The quantitative estimate of drug-likeness (QED) is 0.602. The number of hydrogen-bond acceptors (Lipinski definition) is 5. The van der Waals surface area contributed by atoms with Crippen molar-refractivity contribution in [3.63, 3.8) is 0 Å². The molecule has 6 nitrogen and oxygen atoms in total. The van der Waals surface area contributed by atoms with Crippen molar-refractivity contribution < 1.29 is 31.2 Å². The lowest BCUT2D eigenvalue weighted by molar-refractivity contribution is -0.137. The van der Waals surface area contributed by atoms with Gasteiger partial charge in [-0.3, -0.25) is 9.78 Å². The summed E-state index contributed by atoms with van der Waals surface area (Å²) in [4.78, 5) is 18.2. The van der Waals surface area contributed by atoms with Crippen molar-refractivity contribution in [2.24, 2.45) is 0 Å². The number of nitrogens with zero attached hydrogens (tertiary/aromatic N) is 4. The second-order valence-corrected chi connectivity index (χ2v) is 6.32. The number of hydrogen-bond donors (Lipinski definition) is 0. The van der Waals surface area contributed by atoms with Gasteiger partial charge in [-0.25, -0.2) is 0 Å². The van der Waals surface area contributed by atoms with E-state index in [1.807, 2.05) is 0 Å². The van der Waals surface area contributed by atoms with Gasteiger partial charge in [0.2, 0.25) is 5.89 Å². The fraction of sp³-hybridized carbons (Fsp3) is 0.222. The Morgan fingerprint density at radius 2 is 1.86 bits per heavy atom. The van der Waals surface area contributed by atoms with Crippen molar-refractivity contribution in [1.29, 1.82) is 0 Å². The first-order valence-electron chi connectivity index (χ1n) is 8.28. The molecule has 0 saturated carbocycles. The zero-order valence-corrected chi connectivity index (χ0v) is 14.5. The van der Waals surface area contributed by atoms with Crippen molar-refractivity contribution in [3.8, 4) is 11.5 Å². The van der Waals surface area contributed by atoms with Crippen LogP contribution in [-0.2, 0) is 19.3 Å². The van der Waals surface area contributed by atoms with E-state index in [0.717, 1.165) is 12.1 Å². The minimum atomic E-state index is -4.43. The maximum Gasteiger partial charge on any atom is 0.416 e. The molecule has 1 aliphatic rings. The molecule has 29 heavy (non-hydrogen) atoms. The predicted molar refractivity (Wildman–Crippen MR) is 87.5 cm³/mol. The van der Waals surface area contributed by atoms with Crippen LogP contribution in [0, 0.1) is 0 Å². The van der Waals surface area contributed by atoms with E-state index in [2.05, 4.69) is 15.2 Å². The van der Waals surface area contributed by atoms with Crippen molar-refractivity contribution >= 4 is 5.91 Å². The summed E-state index contributed by atoms with van der Waals surface area (Å²) in [6.07, 6.45) is -6.02. The molecule has 150 valence electrons. The summed E-state index contributed by atoms with van der Waals surface area (Å²) in [7, 11) is 0. The summed E-state index contributed by atoms with van der Waals surface area (Å²) >= 11 is 0. The van der Waals surface area contributed by atoms with Gasteiger partial charge >= 0.3 is 12.6 Å². The molecule has 4 rings (SSSR count). The molecular formula is C18H11F5N4O2. The van der Waals surface area contributed by atoms with Crippen molar-refractivity contribution in [2.75, 3.05) is 0 Å². The molecule has 2 aromatic heterocycles. The number of fused-ring (bicyclic) bond motifs is 1. The minimum Gasteiger partial charge on any atom is -0.415 e. The molecule has 1 aromatic carbocycles. The third-order valence-corrected chi connectivity index (χ3v) is 4.36. The summed E-state index contributed by atoms with van der Waals surface area (Å²) in [5.74, 6) is -1.41. The molecule has 3 heterocycles. The summed E-state index contributed by atoms with van der Waals surface area (Å²) < 4.78 is 68.0. The van der Waals surface area contributed by atoms with Crippen molar-refractivity contribution in [2.45, 2.75) is 25.7 Å². The molecule has 0 saturated heterocycles. The normalized spacial score (nSPS) is 14.0. The standard InChI is InChI=1S/C18H11F5N4O2/c19-14(20)16-26-25-15(29-16)10-5-12-13(24-6-10)8-27(17(12)28)7-9-1-3-11(4-2-9)18(21,22)23/h1-6,14H,7-8H2. The number of rotatable bonds is 4. The molecule has 11 heteroatoms. The lowest BCUT2D eigenvalue weighted by Gasteiger charge is -2.16. The van der Waals surface area contributed by atoms with E-state index >= 15 is 0 Å². The largest absolute Gasteiger partial charge is 0.416 e. The molecule has 0 N–H and O–H groups in total. The van der Waals surface area contributed by atoms with Crippen LogP contribution in [0.4, 0.5) is 22.0 Å². The van der Waals surface area contributed by atoms with Gasteiger partial charge in [0.25, 0.3) is 11.8 Å². The number of pyridine rings is 1. The van der Waals surface area contributed by atoms with Gasteiger partial charge in [-0.1, -0.05) is 12.1 Å². The van der Waals surface area contributed by atoms with Gasteiger partial charge in [0.1, 0.15) is 0 Å². The van der Waals surface area contributed by atoms with Gasteiger partial charge in [-0.05, 0) is 23.8 Å². The van der Waals surface area contributed by atoms with Crippen LogP contribution in [0.15, 0.2) is 40.9 Å². The third-order valence-electron chi connectivity index (χ3n) is 4.36. The zero-order valence-electron chi connectivity index (χ0n) is 14.5. The molecule has 0 bridgehead atoms. The number of carbonyl (C=O) groups excluding carboxylic acids is 1. The number of alkyl halides is 5. The molecule has 0 spiro atoms. The highest BCUT2D eigenvalue weighted by atomic mass is 19.4. The highest BCUT2D eigenvalue weighted by molar-refractivity contribution is 5.98. The number of carbonyl (C=O) groups is 1. The first kappa shape index (κ1) is 19.0. The van der Waals surface area contributed by atoms with Crippen LogP contribution >= 0.6 is 0 Å². The van der Waals surface area contributed by atoms with Crippen LogP contribution in [0.1, 0.15) is 39.5 Å². The zero-order chi connectivity index (χ0) is 20.8. The van der Waals surface area contributed by atoms with Gasteiger partial charge in [-0.15, -0.1) is 10.2 Å². The SMILES string of the molecule is O=C1c2cc(-c3nnc(C(F)F)o3)cnc2CN1Cc1ccc(C(F)(F)F)cc1. The topological polar surface area (TPSA) is 72.1 Å². The van der Waals surface area contributed by atoms with Crippen molar-refractivity contribution in [3.05, 3.63) is 64.8 Å². The molecule has 0 atom stereocenters. The predicted octanol–water partition coefficient (Wildman–Crippen LogP) is 4.24. The molecule has 3 aromatic rings. The molecular weight excluding hydrogens is 399 g/mol. The first-order chi connectivity index (χ1) is 13.7. The Balaban J connectivity index is 1.52. The molecule has 0 aliphatic carbocycles. The summed E-state index contributed by atoms with van der Waals surface area (Å²) in [5.41, 5.74) is 0.669. The Hall–Kier alpha value is -3.37. The van der Waals surface area contributed by atoms with Crippen LogP contribution in [0.25, 0.3) is 11.5 Å². The number of amides is 1. The average Bonchev–Trinajstić information content (AvgIpc) is 3.27. The number of halogens is 5. The van der Waals surface area contributed by atoms with Gasteiger partial charge in [-0.2, -0.15) is 22.0 Å². The maximum atomic E-state index is 12.7. The van der Waals surface area contributed by atoms with Gasteiger partial charge in [0.05, 0.1) is 28.9 Å². The fourth-order valence-electron chi connectivity index (χ4n) is 2.93. The van der Waals surface area contributed by atoms with E-state index in [4.69, 9.17) is 4.42 Å². The van der Waals surface area contributed by atoms with Gasteiger partial charge in [0, 0.05) is 12.7 Å². The second kappa shape index (κ2) is 6.90.